The lowest BCUT2D eigenvalue weighted by molar-refractivity contribution is -0.137. The van der Waals surface area contributed by atoms with Crippen LogP contribution in [0, 0.1) is 0 Å². The van der Waals surface area contributed by atoms with Crippen molar-refractivity contribution in [2.45, 2.75) is 45.1 Å². The zero-order valence-electron chi connectivity index (χ0n) is 18.3. The van der Waals surface area contributed by atoms with E-state index in [0.29, 0.717) is 45.1 Å². The number of hydrogen-bond donors (Lipinski definition) is 0. The maximum Gasteiger partial charge on any atom is 0.236 e. The van der Waals surface area contributed by atoms with Crippen LogP contribution >= 0.6 is 0 Å². The number of benzene rings is 1. The maximum absolute atomic E-state index is 12.6. The summed E-state index contributed by atoms with van der Waals surface area (Å²) in [4.78, 5) is 31.2. The molecule has 1 aromatic rings. The van der Waals surface area contributed by atoms with Gasteiger partial charge in [0.15, 0.2) is 0 Å². The van der Waals surface area contributed by atoms with Crippen LogP contribution in [0.2, 0.25) is 0 Å². The number of piperazine rings is 1. The summed E-state index contributed by atoms with van der Waals surface area (Å²) in [5.41, 5.74) is 0. The maximum atomic E-state index is 12.6. The third-order valence-electron chi connectivity index (χ3n) is 6.07. The minimum absolute atomic E-state index is 0.170. The van der Waals surface area contributed by atoms with Gasteiger partial charge < -0.3 is 19.3 Å². The molecule has 1 aromatic carbocycles. The molecule has 0 spiro atoms. The number of carbonyl (C=O) groups is 2. The van der Waals surface area contributed by atoms with Gasteiger partial charge in [-0.25, -0.2) is 0 Å². The Balaban J connectivity index is 1.31. The molecule has 7 nitrogen and oxygen atoms in total. The van der Waals surface area contributed by atoms with Crippen molar-refractivity contribution in [2.24, 2.45) is 0 Å². The van der Waals surface area contributed by atoms with Crippen LogP contribution in [-0.2, 0) is 9.59 Å². The molecule has 7 heteroatoms. The Kier molecular flexibility index (Phi) is 8.37. The first-order chi connectivity index (χ1) is 14.6. The molecular formula is C23H35N3O4. The summed E-state index contributed by atoms with van der Waals surface area (Å²) in [6.07, 6.45) is 4.62. The van der Waals surface area contributed by atoms with E-state index in [1.807, 2.05) is 34.1 Å². The molecule has 0 aliphatic carbocycles. The average Bonchev–Trinajstić information content (AvgIpc) is 2.77. The molecule has 2 aliphatic rings. The van der Waals surface area contributed by atoms with Gasteiger partial charge in [0.25, 0.3) is 0 Å². The zero-order chi connectivity index (χ0) is 21.3. The summed E-state index contributed by atoms with van der Waals surface area (Å²) < 4.78 is 10.8. The molecule has 2 heterocycles. The topological polar surface area (TPSA) is 62.3 Å². The number of rotatable bonds is 8. The number of methoxy groups -OCH3 is 1. The minimum Gasteiger partial charge on any atom is -0.497 e. The van der Waals surface area contributed by atoms with Crippen LogP contribution in [0.5, 0.6) is 11.5 Å². The predicted octanol–water partition coefficient (Wildman–Crippen LogP) is 2.40. The van der Waals surface area contributed by atoms with Gasteiger partial charge in [0, 0.05) is 45.2 Å². The summed E-state index contributed by atoms with van der Waals surface area (Å²) in [5.74, 6) is 1.98. The summed E-state index contributed by atoms with van der Waals surface area (Å²) in [6.45, 7) is 6.94. The number of carbonyl (C=O) groups excluding carboxylic acids is 2. The van der Waals surface area contributed by atoms with Gasteiger partial charge in [-0.1, -0.05) is 0 Å². The van der Waals surface area contributed by atoms with Gasteiger partial charge in [0.2, 0.25) is 11.8 Å². The second kappa shape index (κ2) is 11.2. The monoisotopic (exact) mass is 417 g/mol. The largest absolute Gasteiger partial charge is 0.497 e. The molecule has 2 fully saturated rings. The fraction of sp³-hybridized carbons (Fsp3) is 0.652. The van der Waals surface area contributed by atoms with Crippen LogP contribution in [0.25, 0.3) is 0 Å². The number of likely N-dealkylation sites (tertiary alicyclic amines) is 1. The molecule has 0 radical (unpaired) electrons. The molecule has 2 saturated heterocycles. The lowest BCUT2D eigenvalue weighted by Gasteiger charge is -2.38. The van der Waals surface area contributed by atoms with Gasteiger partial charge in [-0.2, -0.15) is 0 Å². The molecule has 1 atom stereocenters. The van der Waals surface area contributed by atoms with Gasteiger partial charge in [0.1, 0.15) is 11.5 Å². The average molecular weight is 418 g/mol. The number of hydrogen-bond acceptors (Lipinski definition) is 5. The van der Waals surface area contributed by atoms with Crippen LogP contribution in [0.15, 0.2) is 24.3 Å². The standard InChI is InChI=1S/C23H35N3O4/c1-19-6-3-4-12-26(19)23(28)18-24-13-15-25(16-14-24)22(27)7-5-17-30-21-10-8-20(29-2)9-11-21/h8-11,19H,3-7,12-18H2,1-2H3. The summed E-state index contributed by atoms with van der Waals surface area (Å²) in [6, 6.07) is 7.81. The highest BCUT2D eigenvalue weighted by atomic mass is 16.5. The van der Waals surface area contributed by atoms with E-state index in [1.165, 1.54) is 6.42 Å². The van der Waals surface area contributed by atoms with Crippen molar-refractivity contribution in [3.05, 3.63) is 24.3 Å². The Labute approximate surface area is 179 Å². The predicted molar refractivity (Wildman–Crippen MR) is 116 cm³/mol. The molecule has 0 saturated carbocycles. The van der Waals surface area contributed by atoms with Crippen LogP contribution < -0.4 is 9.47 Å². The van der Waals surface area contributed by atoms with Crippen molar-refractivity contribution in [3.8, 4) is 11.5 Å². The van der Waals surface area contributed by atoms with E-state index in [0.717, 1.165) is 44.0 Å². The van der Waals surface area contributed by atoms with Gasteiger partial charge >= 0.3 is 0 Å². The highest BCUT2D eigenvalue weighted by Gasteiger charge is 2.27. The molecule has 0 bridgehead atoms. The van der Waals surface area contributed by atoms with Crippen LogP contribution in [-0.4, -0.2) is 85.5 Å². The first-order valence-electron chi connectivity index (χ1n) is 11.1. The molecule has 2 aliphatic heterocycles. The van der Waals surface area contributed by atoms with Crippen LogP contribution in [0.4, 0.5) is 0 Å². The first kappa shape index (κ1) is 22.4. The normalized spacial score (nSPS) is 20.1. The molecule has 3 rings (SSSR count). The molecule has 0 aromatic heterocycles. The molecular weight excluding hydrogens is 382 g/mol. The Bertz CT molecular complexity index is 686. The quantitative estimate of drug-likeness (QED) is 0.608. The number of amides is 2. The number of nitrogens with zero attached hydrogens (tertiary/aromatic N) is 3. The fourth-order valence-electron chi connectivity index (χ4n) is 4.15. The van der Waals surface area contributed by atoms with Crippen molar-refractivity contribution < 1.29 is 19.1 Å². The Morgan fingerprint density at radius 2 is 1.67 bits per heavy atom. The number of piperidine rings is 1. The highest BCUT2D eigenvalue weighted by molar-refractivity contribution is 5.79. The number of ether oxygens (including phenoxy) is 2. The van der Waals surface area contributed by atoms with Gasteiger partial charge in [0.05, 0.1) is 20.3 Å². The summed E-state index contributed by atoms with van der Waals surface area (Å²) in [5, 5.41) is 0. The fourth-order valence-corrected chi connectivity index (χ4v) is 4.15. The van der Waals surface area contributed by atoms with Crippen molar-refractivity contribution >= 4 is 11.8 Å². The van der Waals surface area contributed by atoms with Crippen LogP contribution in [0.1, 0.15) is 39.0 Å². The Hall–Kier alpha value is -2.28. The lowest BCUT2D eigenvalue weighted by atomic mass is 10.0. The van der Waals surface area contributed by atoms with E-state index < -0.39 is 0 Å². The molecule has 1 unspecified atom stereocenters. The van der Waals surface area contributed by atoms with E-state index in [-0.39, 0.29) is 11.8 Å². The zero-order valence-corrected chi connectivity index (χ0v) is 18.3. The molecule has 2 amide bonds. The Morgan fingerprint density at radius 1 is 0.967 bits per heavy atom. The second-order valence-electron chi connectivity index (χ2n) is 8.22. The van der Waals surface area contributed by atoms with Gasteiger partial charge in [-0.3, -0.25) is 14.5 Å². The smallest absolute Gasteiger partial charge is 0.236 e. The highest BCUT2D eigenvalue weighted by Crippen LogP contribution is 2.18. The van der Waals surface area contributed by atoms with Crippen LogP contribution in [0.3, 0.4) is 0 Å². The second-order valence-corrected chi connectivity index (χ2v) is 8.22. The van der Waals surface area contributed by atoms with Gasteiger partial charge in [-0.05, 0) is 56.9 Å². The molecule has 30 heavy (non-hydrogen) atoms. The lowest BCUT2D eigenvalue weighted by Crippen LogP contribution is -2.53. The summed E-state index contributed by atoms with van der Waals surface area (Å²) in [7, 11) is 1.63. The first-order valence-corrected chi connectivity index (χ1v) is 11.1. The third-order valence-corrected chi connectivity index (χ3v) is 6.07. The van der Waals surface area contributed by atoms with Crippen molar-refractivity contribution in [2.75, 3.05) is 53.0 Å². The van der Waals surface area contributed by atoms with E-state index in [9.17, 15) is 9.59 Å². The summed E-state index contributed by atoms with van der Waals surface area (Å²) >= 11 is 0. The minimum atomic E-state index is 0.170. The third kappa shape index (κ3) is 6.36. The van der Waals surface area contributed by atoms with Crippen molar-refractivity contribution in [1.82, 2.24) is 14.7 Å². The van der Waals surface area contributed by atoms with E-state index in [1.54, 1.807) is 7.11 Å². The van der Waals surface area contributed by atoms with E-state index >= 15 is 0 Å². The Morgan fingerprint density at radius 3 is 2.33 bits per heavy atom. The molecule has 166 valence electrons. The van der Waals surface area contributed by atoms with E-state index in [2.05, 4.69) is 11.8 Å². The van der Waals surface area contributed by atoms with Crippen molar-refractivity contribution in [1.29, 1.82) is 0 Å². The van der Waals surface area contributed by atoms with Crippen molar-refractivity contribution in [3.63, 3.8) is 0 Å². The van der Waals surface area contributed by atoms with E-state index in [4.69, 9.17) is 9.47 Å². The van der Waals surface area contributed by atoms with Gasteiger partial charge in [-0.15, -0.1) is 0 Å². The molecule has 0 N–H and O–H groups in total. The SMILES string of the molecule is COc1ccc(OCCCC(=O)N2CCN(CC(=O)N3CCCCC3C)CC2)cc1.